The second-order valence-electron chi connectivity index (χ2n) is 2.51. The Morgan fingerprint density at radius 1 is 1.50 bits per heavy atom. The molecule has 0 unspecified atom stereocenters. The molecule has 1 atom stereocenters. The molecule has 0 rings (SSSR count). The molecular weight excluding hydrogens is 173 g/mol. The van der Waals surface area contributed by atoms with Gasteiger partial charge >= 0.3 is 6.18 Å². The molecule has 72 valence electrons. The minimum absolute atomic E-state index is 0.211. The fourth-order valence-corrected chi connectivity index (χ4v) is 0.670. The SMILES string of the molecule is CCCCC(=O)[C@H](O)C(F)(F)F. The molecule has 2 nitrogen and oxygen atoms in total. The molecule has 0 saturated carbocycles. The number of Topliss-reactive ketones (excluding diaryl/α,β-unsaturated/α-hetero) is 1. The topological polar surface area (TPSA) is 37.3 Å². The minimum atomic E-state index is -4.81. The van der Waals surface area contributed by atoms with Gasteiger partial charge in [0.2, 0.25) is 6.10 Å². The molecule has 0 heterocycles. The zero-order chi connectivity index (χ0) is 9.78. The van der Waals surface area contributed by atoms with Crippen molar-refractivity contribution in [2.75, 3.05) is 0 Å². The molecule has 0 aromatic heterocycles. The van der Waals surface area contributed by atoms with Crippen LogP contribution in [0.2, 0.25) is 0 Å². The third kappa shape index (κ3) is 3.71. The Balaban J connectivity index is 3.94. The third-order valence-corrected chi connectivity index (χ3v) is 1.39. The number of ketones is 1. The Hall–Kier alpha value is -0.580. The second kappa shape index (κ2) is 4.45. The van der Waals surface area contributed by atoms with E-state index in [-0.39, 0.29) is 6.42 Å². The van der Waals surface area contributed by atoms with Crippen molar-refractivity contribution < 1.29 is 23.1 Å². The molecule has 0 aliphatic rings. The van der Waals surface area contributed by atoms with Gasteiger partial charge in [-0.25, -0.2) is 0 Å². The maximum absolute atomic E-state index is 11.7. The van der Waals surface area contributed by atoms with Gasteiger partial charge in [-0.3, -0.25) is 4.79 Å². The summed E-state index contributed by atoms with van der Waals surface area (Å²) in [6, 6.07) is 0. The first-order valence-corrected chi connectivity index (χ1v) is 3.67. The van der Waals surface area contributed by atoms with Crippen LogP contribution in [-0.2, 0) is 4.79 Å². The van der Waals surface area contributed by atoms with E-state index in [4.69, 9.17) is 5.11 Å². The number of alkyl halides is 3. The molecule has 1 N–H and O–H groups in total. The van der Waals surface area contributed by atoms with Crippen molar-refractivity contribution in [3.63, 3.8) is 0 Å². The van der Waals surface area contributed by atoms with Crippen molar-refractivity contribution in [3.05, 3.63) is 0 Å². The van der Waals surface area contributed by atoms with Gasteiger partial charge in [0.15, 0.2) is 5.78 Å². The van der Waals surface area contributed by atoms with Crippen LogP contribution in [0.15, 0.2) is 0 Å². The third-order valence-electron chi connectivity index (χ3n) is 1.39. The van der Waals surface area contributed by atoms with Crippen LogP contribution >= 0.6 is 0 Å². The van der Waals surface area contributed by atoms with Gasteiger partial charge in [-0.15, -0.1) is 0 Å². The summed E-state index contributed by atoms with van der Waals surface area (Å²) in [5.41, 5.74) is 0. The van der Waals surface area contributed by atoms with Crippen molar-refractivity contribution in [2.45, 2.75) is 38.5 Å². The van der Waals surface area contributed by atoms with E-state index in [0.717, 1.165) is 0 Å². The normalized spacial score (nSPS) is 14.4. The van der Waals surface area contributed by atoms with Crippen molar-refractivity contribution >= 4 is 5.78 Å². The fraction of sp³-hybridized carbons (Fsp3) is 0.857. The zero-order valence-corrected chi connectivity index (χ0v) is 6.69. The molecule has 0 spiro atoms. The molecule has 0 radical (unpaired) electrons. The summed E-state index contributed by atoms with van der Waals surface area (Å²) in [5, 5.41) is 8.41. The molecule has 0 aliphatic carbocycles. The van der Waals surface area contributed by atoms with E-state index in [1.165, 1.54) is 0 Å². The lowest BCUT2D eigenvalue weighted by Crippen LogP contribution is -2.36. The molecule has 12 heavy (non-hydrogen) atoms. The van der Waals surface area contributed by atoms with E-state index in [1.807, 2.05) is 0 Å². The smallest absolute Gasteiger partial charge is 0.377 e. The number of aliphatic hydroxyl groups excluding tert-OH is 1. The molecule has 0 aromatic carbocycles. The minimum Gasteiger partial charge on any atom is -0.377 e. The molecule has 0 aliphatic heterocycles. The first-order valence-electron chi connectivity index (χ1n) is 3.67. The summed E-state index contributed by atoms with van der Waals surface area (Å²) in [7, 11) is 0. The summed E-state index contributed by atoms with van der Waals surface area (Å²) in [4.78, 5) is 10.6. The van der Waals surface area contributed by atoms with Crippen LogP contribution in [0.1, 0.15) is 26.2 Å². The number of halogens is 3. The van der Waals surface area contributed by atoms with Crippen molar-refractivity contribution in [1.82, 2.24) is 0 Å². The van der Waals surface area contributed by atoms with Gasteiger partial charge in [0.05, 0.1) is 0 Å². The number of aliphatic hydroxyl groups is 1. The number of hydrogen-bond acceptors (Lipinski definition) is 2. The van der Waals surface area contributed by atoms with Crippen LogP contribution in [0.4, 0.5) is 13.2 Å². The number of carbonyl (C=O) groups is 1. The quantitative estimate of drug-likeness (QED) is 0.721. The average molecular weight is 184 g/mol. The Kier molecular flexibility index (Phi) is 4.23. The van der Waals surface area contributed by atoms with E-state index >= 15 is 0 Å². The number of hydrogen-bond donors (Lipinski definition) is 1. The number of unbranched alkanes of at least 4 members (excludes halogenated alkanes) is 1. The number of rotatable bonds is 4. The molecule has 0 amide bonds. The molecule has 0 saturated heterocycles. The summed E-state index contributed by atoms with van der Waals surface area (Å²) in [5.74, 6) is -1.15. The van der Waals surface area contributed by atoms with Gasteiger partial charge in [0.25, 0.3) is 0 Å². The maximum atomic E-state index is 11.7. The fourth-order valence-electron chi connectivity index (χ4n) is 0.670. The highest BCUT2D eigenvalue weighted by Crippen LogP contribution is 2.21. The monoisotopic (exact) mass is 184 g/mol. The van der Waals surface area contributed by atoms with E-state index in [2.05, 4.69) is 0 Å². The van der Waals surface area contributed by atoms with Crippen LogP contribution in [0.25, 0.3) is 0 Å². The Morgan fingerprint density at radius 2 is 2.00 bits per heavy atom. The molecule has 0 fully saturated rings. The van der Waals surface area contributed by atoms with Gasteiger partial charge in [0.1, 0.15) is 0 Å². The zero-order valence-electron chi connectivity index (χ0n) is 6.69. The number of carbonyl (C=O) groups excluding carboxylic acids is 1. The highest BCUT2D eigenvalue weighted by molar-refractivity contribution is 5.83. The second-order valence-corrected chi connectivity index (χ2v) is 2.51. The van der Waals surface area contributed by atoms with Crippen LogP contribution < -0.4 is 0 Å². The molecular formula is C7H11F3O2. The van der Waals surface area contributed by atoms with Crippen LogP contribution in [0.3, 0.4) is 0 Å². The molecule has 0 bridgehead atoms. The van der Waals surface area contributed by atoms with Crippen LogP contribution in [-0.4, -0.2) is 23.2 Å². The Morgan fingerprint density at radius 3 is 2.33 bits per heavy atom. The Bertz CT molecular complexity index is 153. The van der Waals surface area contributed by atoms with Crippen LogP contribution in [0, 0.1) is 0 Å². The largest absolute Gasteiger partial charge is 0.421 e. The van der Waals surface area contributed by atoms with Crippen LogP contribution in [0.5, 0.6) is 0 Å². The van der Waals surface area contributed by atoms with E-state index in [1.54, 1.807) is 6.92 Å². The summed E-state index contributed by atoms with van der Waals surface area (Å²) >= 11 is 0. The standard InChI is InChI=1S/C7H11F3O2/c1-2-3-4-5(11)6(12)7(8,9)10/h6,12H,2-4H2,1H3/t6-/m0/s1. The van der Waals surface area contributed by atoms with E-state index < -0.39 is 18.1 Å². The Labute approximate surface area is 68.4 Å². The van der Waals surface area contributed by atoms with Gasteiger partial charge in [-0.2, -0.15) is 13.2 Å². The predicted octanol–water partition coefficient (Wildman–Crippen LogP) is 1.67. The first kappa shape index (κ1) is 11.4. The molecule has 5 heteroatoms. The van der Waals surface area contributed by atoms with E-state index in [9.17, 15) is 18.0 Å². The summed E-state index contributed by atoms with van der Waals surface area (Å²) < 4.78 is 35.0. The van der Waals surface area contributed by atoms with Gasteiger partial charge in [-0.1, -0.05) is 13.3 Å². The van der Waals surface area contributed by atoms with E-state index in [0.29, 0.717) is 12.8 Å². The lowest BCUT2D eigenvalue weighted by Gasteiger charge is -2.12. The summed E-state index contributed by atoms with van der Waals surface area (Å²) in [6.07, 6.45) is -6.81. The van der Waals surface area contributed by atoms with Crippen molar-refractivity contribution in [2.24, 2.45) is 0 Å². The average Bonchev–Trinajstić information content (AvgIpc) is 1.97. The lowest BCUT2D eigenvalue weighted by atomic mass is 10.1. The maximum Gasteiger partial charge on any atom is 0.421 e. The van der Waals surface area contributed by atoms with Crippen molar-refractivity contribution in [3.8, 4) is 0 Å². The predicted molar refractivity (Wildman–Crippen MR) is 36.6 cm³/mol. The summed E-state index contributed by atoms with van der Waals surface area (Å²) in [6.45, 7) is 1.76. The van der Waals surface area contributed by atoms with Gasteiger partial charge in [0, 0.05) is 6.42 Å². The first-order chi connectivity index (χ1) is 5.39. The highest BCUT2D eigenvalue weighted by Gasteiger charge is 2.42. The van der Waals surface area contributed by atoms with Crippen molar-refractivity contribution in [1.29, 1.82) is 0 Å². The lowest BCUT2D eigenvalue weighted by molar-refractivity contribution is -0.203. The van der Waals surface area contributed by atoms with Gasteiger partial charge in [-0.05, 0) is 6.42 Å². The van der Waals surface area contributed by atoms with Gasteiger partial charge < -0.3 is 5.11 Å². The highest BCUT2D eigenvalue weighted by atomic mass is 19.4. The molecule has 0 aromatic rings.